The average Bonchev–Trinajstić information content (AvgIpc) is 3.47. The molecule has 2 aromatic rings. The van der Waals surface area contributed by atoms with Gasteiger partial charge < -0.3 is 20.1 Å². The van der Waals surface area contributed by atoms with E-state index in [-0.39, 0.29) is 30.3 Å². The summed E-state index contributed by atoms with van der Waals surface area (Å²) in [6.45, 7) is 0.942. The number of ether oxygens (including phenoxy) is 2. The molecule has 4 atom stereocenters. The maximum absolute atomic E-state index is 12.3. The van der Waals surface area contributed by atoms with Crippen molar-refractivity contribution in [3.63, 3.8) is 0 Å². The van der Waals surface area contributed by atoms with Crippen LogP contribution in [0.2, 0.25) is 0 Å². The third-order valence-electron chi connectivity index (χ3n) is 6.50. The lowest BCUT2D eigenvalue weighted by molar-refractivity contribution is 0.0622. The Morgan fingerprint density at radius 1 is 1.07 bits per heavy atom. The van der Waals surface area contributed by atoms with Crippen molar-refractivity contribution in [2.45, 2.75) is 62.8 Å². The number of urea groups is 1. The maximum atomic E-state index is 12.3. The topological polar surface area (TPSA) is 90.3 Å². The number of nitrogens with zero attached hydrogens (tertiary/aromatic N) is 3. The van der Waals surface area contributed by atoms with Crippen LogP contribution >= 0.6 is 0 Å². The number of amides is 2. The van der Waals surface area contributed by atoms with Gasteiger partial charge in [0.1, 0.15) is 18.2 Å². The highest BCUT2D eigenvalue weighted by molar-refractivity contribution is 5.89. The first kappa shape index (κ1) is 19.5. The smallest absolute Gasteiger partial charge is 0.319 e. The summed E-state index contributed by atoms with van der Waals surface area (Å²) in [5.41, 5.74) is 1.81. The van der Waals surface area contributed by atoms with Crippen LogP contribution in [0.4, 0.5) is 10.5 Å². The van der Waals surface area contributed by atoms with Gasteiger partial charge in [0.25, 0.3) is 0 Å². The molecule has 2 saturated heterocycles. The minimum absolute atomic E-state index is 0.00779. The lowest BCUT2D eigenvalue weighted by Crippen LogP contribution is -2.45. The predicted molar refractivity (Wildman–Crippen MR) is 111 cm³/mol. The highest BCUT2D eigenvalue weighted by atomic mass is 16.6. The number of rotatable bonds is 5. The normalized spacial score (nSPS) is 28.9. The van der Waals surface area contributed by atoms with Crippen LogP contribution in [-0.2, 0) is 15.9 Å². The van der Waals surface area contributed by atoms with E-state index in [2.05, 4.69) is 27.1 Å². The molecule has 30 heavy (non-hydrogen) atoms. The van der Waals surface area contributed by atoms with E-state index in [1.165, 1.54) is 32.1 Å². The summed E-state index contributed by atoms with van der Waals surface area (Å²) in [4.78, 5) is 12.3. The molecular formula is C22H29N5O3. The molecule has 1 saturated carbocycles. The van der Waals surface area contributed by atoms with Gasteiger partial charge in [-0.1, -0.05) is 55.5 Å². The third kappa shape index (κ3) is 4.20. The minimum Gasteiger partial charge on any atom is -0.371 e. The van der Waals surface area contributed by atoms with Crippen molar-refractivity contribution in [2.24, 2.45) is 5.92 Å². The Labute approximate surface area is 176 Å². The van der Waals surface area contributed by atoms with Crippen molar-refractivity contribution in [1.29, 1.82) is 0 Å². The largest absolute Gasteiger partial charge is 0.371 e. The highest BCUT2D eigenvalue weighted by Gasteiger charge is 2.49. The first-order valence-electron chi connectivity index (χ1n) is 11.0. The average molecular weight is 412 g/mol. The van der Waals surface area contributed by atoms with E-state index in [1.54, 1.807) is 0 Å². The van der Waals surface area contributed by atoms with Gasteiger partial charge in [0.15, 0.2) is 0 Å². The van der Waals surface area contributed by atoms with Gasteiger partial charge in [-0.05, 0) is 24.5 Å². The second-order valence-corrected chi connectivity index (χ2v) is 8.63. The fraction of sp³-hybridized carbons (Fsp3) is 0.591. The summed E-state index contributed by atoms with van der Waals surface area (Å²) in [7, 11) is 0. The Morgan fingerprint density at radius 2 is 1.87 bits per heavy atom. The van der Waals surface area contributed by atoms with Crippen LogP contribution in [0.25, 0.3) is 0 Å². The number of para-hydroxylation sites is 1. The molecule has 0 radical (unpaired) electrons. The zero-order chi connectivity index (χ0) is 20.3. The van der Waals surface area contributed by atoms with E-state index in [0.29, 0.717) is 13.2 Å². The molecule has 1 aromatic carbocycles. The van der Waals surface area contributed by atoms with Gasteiger partial charge in [0.2, 0.25) is 0 Å². The predicted octanol–water partition coefficient (Wildman–Crippen LogP) is 2.93. The molecule has 3 fully saturated rings. The van der Waals surface area contributed by atoms with Crippen LogP contribution in [0.3, 0.4) is 0 Å². The molecule has 2 aliphatic heterocycles. The van der Waals surface area contributed by atoms with Crippen molar-refractivity contribution >= 4 is 11.7 Å². The number of hydrogen-bond donors (Lipinski definition) is 2. The molecule has 1 aromatic heterocycles. The fourth-order valence-corrected chi connectivity index (χ4v) is 4.94. The molecular weight excluding hydrogens is 382 g/mol. The van der Waals surface area contributed by atoms with Crippen molar-refractivity contribution in [1.82, 2.24) is 20.3 Å². The molecule has 0 unspecified atom stereocenters. The SMILES string of the molecule is O=C(Nc1ccccc1)N[C@H]1CO[C@H]2[C@@H]1OC[C@@H]2n1cc(CC2CCCCC2)nn1. The number of hydrogen-bond acceptors (Lipinski definition) is 5. The molecule has 3 aliphatic rings. The Kier molecular flexibility index (Phi) is 5.68. The Balaban J connectivity index is 1.17. The highest BCUT2D eigenvalue weighted by Crippen LogP contribution is 2.34. The van der Waals surface area contributed by atoms with Crippen LogP contribution < -0.4 is 10.6 Å². The van der Waals surface area contributed by atoms with E-state index < -0.39 is 0 Å². The molecule has 0 spiro atoms. The molecule has 8 heteroatoms. The van der Waals surface area contributed by atoms with Gasteiger partial charge >= 0.3 is 6.03 Å². The second-order valence-electron chi connectivity index (χ2n) is 8.63. The zero-order valence-corrected chi connectivity index (χ0v) is 17.1. The number of fused-ring (bicyclic) bond motifs is 1. The summed E-state index contributed by atoms with van der Waals surface area (Å²) in [6, 6.07) is 8.94. The van der Waals surface area contributed by atoms with Crippen molar-refractivity contribution < 1.29 is 14.3 Å². The van der Waals surface area contributed by atoms with Gasteiger partial charge in [-0.25, -0.2) is 9.48 Å². The standard InChI is InChI=1S/C22H29N5O3/c28-22(23-16-9-5-2-6-10-16)24-18-13-29-21-19(14-30-20(18)21)27-12-17(25-26-27)11-15-7-3-1-4-8-15/h2,5-6,9-10,12,15,18-21H,1,3-4,7-8,11,13-14H2,(H2,23,24,28)/t18-,19-,20+,21+/m0/s1. The number of aromatic nitrogens is 3. The first-order chi connectivity index (χ1) is 14.8. The van der Waals surface area contributed by atoms with Crippen LogP contribution in [0.5, 0.6) is 0 Å². The summed E-state index contributed by atoms with van der Waals surface area (Å²) < 4.78 is 13.9. The molecule has 1 aliphatic carbocycles. The van der Waals surface area contributed by atoms with Crippen LogP contribution in [-0.4, -0.2) is 52.5 Å². The summed E-state index contributed by atoms with van der Waals surface area (Å²) >= 11 is 0. The number of anilines is 1. The molecule has 160 valence electrons. The summed E-state index contributed by atoms with van der Waals surface area (Å²) in [5.74, 6) is 0.732. The summed E-state index contributed by atoms with van der Waals surface area (Å²) in [6.07, 6.45) is 9.37. The zero-order valence-electron chi connectivity index (χ0n) is 17.1. The second kappa shape index (κ2) is 8.73. The van der Waals surface area contributed by atoms with Crippen LogP contribution in [0.1, 0.15) is 43.8 Å². The number of carbonyl (C=O) groups is 1. The lowest BCUT2D eigenvalue weighted by Gasteiger charge is -2.20. The Hall–Kier alpha value is -2.45. The summed E-state index contributed by atoms with van der Waals surface area (Å²) in [5, 5.41) is 14.6. The maximum Gasteiger partial charge on any atom is 0.319 e. The van der Waals surface area contributed by atoms with E-state index in [1.807, 2.05) is 35.0 Å². The Morgan fingerprint density at radius 3 is 2.70 bits per heavy atom. The molecule has 3 heterocycles. The molecule has 8 nitrogen and oxygen atoms in total. The van der Waals surface area contributed by atoms with Gasteiger partial charge in [-0.3, -0.25) is 0 Å². The van der Waals surface area contributed by atoms with Crippen molar-refractivity contribution in [2.75, 3.05) is 18.5 Å². The third-order valence-corrected chi connectivity index (χ3v) is 6.50. The quantitative estimate of drug-likeness (QED) is 0.790. The van der Waals surface area contributed by atoms with Crippen molar-refractivity contribution in [3.05, 3.63) is 42.2 Å². The van der Waals surface area contributed by atoms with Gasteiger partial charge in [0.05, 0.1) is 24.9 Å². The Bertz CT molecular complexity index is 851. The molecule has 2 amide bonds. The molecule has 0 bridgehead atoms. The van der Waals surface area contributed by atoms with Gasteiger partial charge in [0, 0.05) is 11.9 Å². The lowest BCUT2D eigenvalue weighted by atomic mass is 9.86. The number of nitrogens with one attached hydrogen (secondary N) is 2. The van der Waals surface area contributed by atoms with E-state index >= 15 is 0 Å². The van der Waals surface area contributed by atoms with E-state index in [9.17, 15) is 4.79 Å². The van der Waals surface area contributed by atoms with Gasteiger partial charge in [-0.15, -0.1) is 5.10 Å². The first-order valence-corrected chi connectivity index (χ1v) is 11.0. The number of benzene rings is 1. The van der Waals surface area contributed by atoms with Crippen LogP contribution in [0, 0.1) is 5.92 Å². The fourth-order valence-electron chi connectivity index (χ4n) is 4.94. The molecule has 5 rings (SSSR count). The molecule has 2 N–H and O–H groups in total. The van der Waals surface area contributed by atoms with E-state index in [4.69, 9.17) is 9.47 Å². The van der Waals surface area contributed by atoms with Gasteiger partial charge in [-0.2, -0.15) is 0 Å². The monoisotopic (exact) mass is 411 g/mol. The van der Waals surface area contributed by atoms with E-state index in [0.717, 1.165) is 23.7 Å². The number of carbonyl (C=O) groups excluding carboxylic acids is 1. The van der Waals surface area contributed by atoms with Crippen LogP contribution in [0.15, 0.2) is 36.5 Å². The minimum atomic E-state index is -0.252. The van der Waals surface area contributed by atoms with Crippen molar-refractivity contribution in [3.8, 4) is 0 Å².